The van der Waals surface area contributed by atoms with E-state index in [9.17, 15) is 4.39 Å². The molecule has 1 aromatic rings. The Morgan fingerprint density at radius 3 is 2.37 bits per heavy atom. The normalized spacial score (nSPS) is 17.3. The molecule has 1 fully saturated rings. The summed E-state index contributed by atoms with van der Waals surface area (Å²) in [6, 6.07) is 10.1. The Bertz CT molecular complexity index is 410. The molecule has 19 heavy (non-hydrogen) atoms. The maximum Gasteiger partial charge on any atom is 0.0991 e. The molecular weight excluding hydrogens is 237 g/mol. The molecule has 0 bridgehead atoms. The van der Waals surface area contributed by atoms with E-state index in [-0.39, 0.29) is 6.67 Å². The first-order chi connectivity index (χ1) is 9.33. The zero-order chi connectivity index (χ0) is 13.5. The Labute approximate surface area is 115 Å². The van der Waals surface area contributed by atoms with Gasteiger partial charge in [0.2, 0.25) is 0 Å². The van der Waals surface area contributed by atoms with Gasteiger partial charge in [-0.1, -0.05) is 25.0 Å². The van der Waals surface area contributed by atoms with Crippen molar-refractivity contribution < 1.29 is 4.39 Å². The van der Waals surface area contributed by atoms with E-state index in [0.717, 1.165) is 37.2 Å². The van der Waals surface area contributed by atoms with Crippen LogP contribution in [-0.4, -0.2) is 6.67 Å². The van der Waals surface area contributed by atoms with Crippen LogP contribution in [0.25, 0.3) is 0 Å². The lowest BCUT2D eigenvalue weighted by Gasteiger charge is -2.28. The van der Waals surface area contributed by atoms with Crippen molar-refractivity contribution in [3.05, 3.63) is 41.3 Å². The van der Waals surface area contributed by atoms with E-state index < -0.39 is 0 Å². The lowest BCUT2D eigenvalue weighted by atomic mass is 9.77. The molecule has 0 heterocycles. The molecule has 0 spiro atoms. The molecule has 0 aromatic heterocycles. The maximum absolute atomic E-state index is 12.1. The molecule has 1 saturated carbocycles. The molecular formula is C17H21FN. The summed E-state index contributed by atoms with van der Waals surface area (Å²) in [5.74, 6) is 2.31. The van der Waals surface area contributed by atoms with E-state index >= 15 is 0 Å². The molecule has 101 valence electrons. The number of rotatable bonds is 5. The van der Waals surface area contributed by atoms with Crippen LogP contribution in [0.5, 0.6) is 0 Å². The van der Waals surface area contributed by atoms with Gasteiger partial charge in [-0.3, -0.25) is 4.39 Å². The first-order valence-electron chi connectivity index (χ1n) is 7.24. The second-order valence-corrected chi connectivity index (χ2v) is 5.42. The molecule has 2 heteroatoms. The van der Waals surface area contributed by atoms with E-state index in [0.29, 0.717) is 0 Å². The second-order valence-electron chi connectivity index (χ2n) is 5.42. The van der Waals surface area contributed by atoms with Gasteiger partial charge >= 0.3 is 0 Å². The van der Waals surface area contributed by atoms with Crippen LogP contribution in [0.2, 0.25) is 0 Å². The number of nitrogens with zero attached hydrogens (tertiary/aromatic N) is 1. The van der Waals surface area contributed by atoms with Crippen molar-refractivity contribution in [1.29, 1.82) is 5.26 Å². The smallest absolute Gasteiger partial charge is 0.0991 e. The van der Waals surface area contributed by atoms with Crippen LogP contribution >= 0.6 is 0 Å². The van der Waals surface area contributed by atoms with Gasteiger partial charge < -0.3 is 0 Å². The minimum atomic E-state index is -0.171. The lowest BCUT2D eigenvalue weighted by Crippen LogP contribution is -2.14. The average Bonchev–Trinajstić information content (AvgIpc) is 2.48. The summed E-state index contributed by atoms with van der Waals surface area (Å²) in [4.78, 5) is 0. The average molecular weight is 258 g/mol. The molecule has 0 atom stereocenters. The van der Waals surface area contributed by atoms with Gasteiger partial charge in [0, 0.05) is 5.92 Å². The van der Waals surface area contributed by atoms with Gasteiger partial charge in [-0.05, 0) is 55.7 Å². The van der Waals surface area contributed by atoms with Gasteiger partial charge in [0.1, 0.15) is 0 Å². The molecule has 2 rings (SSSR count). The summed E-state index contributed by atoms with van der Waals surface area (Å²) in [6.07, 6.45) is 7.74. The van der Waals surface area contributed by atoms with Crippen LogP contribution in [0.4, 0.5) is 4.39 Å². The SMILES string of the molecule is N#Cc1ccc([C]2CCC(CCCCF)CC2)cc1. The van der Waals surface area contributed by atoms with Crippen molar-refractivity contribution in [2.75, 3.05) is 6.67 Å². The molecule has 1 radical (unpaired) electrons. The first-order valence-corrected chi connectivity index (χ1v) is 7.24. The minimum Gasteiger partial charge on any atom is -0.251 e. The topological polar surface area (TPSA) is 23.8 Å². The van der Waals surface area contributed by atoms with Gasteiger partial charge in [0.05, 0.1) is 18.3 Å². The van der Waals surface area contributed by atoms with E-state index in [1.807, 2.05) is 12.1 Å². The summed E-state index contributed by atoms with van der Waals surface area (Å²) in [5.41, 5.74) is 2.02. The fourth-order valence-electron chi connectivity index (χ4n) is 2.91. The lowest BCUT2D eigenvalue weighted by molar-refractivity contribution is 0.341. The highest BCUT2D eigenvalue weighted by Gasteiger charge is 2.22. The third kappa shape index (κ3) is 4.06. The summed E-state index contributed by atoms with van der Waals surface area (Å²) in [6.45, 7) is -0.171. The zero-order valence-electron chi connectivity index (χ0n) is 11.4. The standard InChI is InChI=1S/C17H21FN/c18-12-2-1-3-14-4-8-16(9-5-14)17-10-6-15(13-19)7-11-17/h6-7,10-11,14H,1-5,8-9,12H2. The third-order valence-electron chi connectivity index (χ3n) is 4.13. The van der Waals surface area contributed by atoms with E-state index in [4.69, 9.17) is 5.26 Å². The largest absolute Gasteiger partial charge is 0.251 e. The Kier molecular flexibility index (Phi) is 5.39. The van der Waals surface area contributed by atoms with Gasteiger partial charge in [0.15, 0.2) is 0 Å². The van der Waals surface area contributed by atoms with Crippen molar-refractivity contribution in [3.8, 4) is 6.07 Å². The van der Waals surface area contributed by atoms with E-state index in [1.165, 1.54) is 30.7 Å². The molecule has 1 aliphatic carbocycles. The van der Waals surface area contributed by atoms with Crippen molar-refractivity contribution >= 4 is 0 Å². The third-order valence-corrected chi connectivity index (χ3v) is 4.13. The fraction of sp³-hybridized carbons (Fsp3) is 0.529. The highest BCUT2D eigenvalue weighted by Crippen LogP contribution is 2.36. The van der Waals surface area contributed by atoms with Gasteiger partial charge in [-0.25, -0.2) is 0 Å². The number of alkyl halides is 1. The number of hydrogen-bond donors (Lipinski definition) is 0. The van der Waals surface area contributed by atoms with Crippen LogP contribution in [0, 0.1) is 23.2 Å². The molecule has 0 saturated heterocycles. The molecule has 0 unspecified atom stereocenters. The van der Waals surface area contributed by atoms with Gasteiger partial charge in [-0.15, -0.1) is 0 Å². The zero-order valence-corrected chi connectivity index (χ0v) is 11.4. The molecule has 0 aliphatic heterocycles. The van der Waals surface area contributed by atoms with Crippen molar-refractivity contribution in [3.63, 3.8) is 0 Å². The number of halogens is 1. The Morgan fingerprint density at radius 2 is 1.79 bits per heavy atom. The molecule has 0 N–H and O–H groups in total. The Morgan fingerprint density at radius 1 is 1.11 bits per heavy atom. The fourth-order valence-corrected chi connectivity index (χ4v) is 2.91. The Balaban J connectivity index is 1.80. The monoisotopic (exact) mass is 258 g/mol. The van der Waals surface area contributed by atoms with Crippen LogP contribution in [0.15, 0.2) is 24.3 Å². The van der Waals surface area contributed by atoms with Crippen molar-refractivity contribution in [1.82, 2.24) is 0 Å². The summed E-state index contributed by atoms with van der Waals surface area (Å²) >= 11 is 0. The number of hydrogen-bond acceptors (Lipinski definition) is 1. The van der Waals surface area contributed by atoms with Crippen LogP contribution < -0.4 is 0 Å². The number of nitriles is 1. The predicted octanol–water partition coefficient (Wildman–Crippen LogP) is 4.81. The summed E-state index contributed by atoms with van der Waals surface area (Å²) < 4.78 is 12.1. The first kappa shape index (κ1) is 14.1. The van der Waals surface area contributed by atoms with E-state index in [1.54, 1.807) is 0 Å². The van der Waals surface area contributed by atoms with Gasteiger partial charge in [0.25, 0.3) is 0 Å². The summed E-state index contributed by atoms with van der Waals surface area (Å²) in [5, 5.41) is 8.79. The molecule has 1 aliphatic rings. The molecule has 0 amide bonds. The quantitative estimate of drug-likeness (QED) is 0.695. The van der Waals surface area contributed by atoms with Crippen molar-refractivity contribution in [2.45, 2.75) is 44.9 Å². The van der Waals surface area contributed by atoms with Crippen LogP contribution in [0.3, 0.4) is 0 Å². The minimum absolute atomic E-state index is 0.171. The Hall–Kier alpha value is -1.36. The highest BCUT2D eigenvalue weighted by atomic mass is 19.1. The number of benzene rings is 1. The van der Waals surface area contributed by atoms with E-state index in [2.05, 4.69) is 18.2 Å². The maximum atomic E-state index is 12.1. The number of unbranched alkanes of at least 4 members (excludes halogenated alkanes) is 1. The molecule has 1 nitrogen and oxygen atoms in total. The highest BCUT2D eigenvalue weighted by molar-refractivity contribution is 5.38. The molecule has 1 aromatic carbocycles. The van der Waals surface area contributed by atoms with Crippen LogP contribution in [-0.2, 0) is 0 Å². The second kappa shape index (κ2) is 7.28. The van der Waals surface area contributed by atoms with Crippen molar-refractivity contribution in [2.24, 2.45) is 5.92 Å². The van der Waals surface area contributed by atoms with Gasteiger partial charge in [-0.2, -0.15) is 5.26 Å². The van der Waals surface area contributed by atoms with Crippen LogP contribution in [0.1, 0.15) is 56.1 Å². The summed E-state index contributed by atoms with van der Waals surface area (Å²) in [7, 11) is 0. The predicted molar refractivity (Wildman–Crippen MR) is 75.3 cm³/mol.